The lowest BCUT2D eigenvalue weighted by molar-refractivity contribution is 0.664. The van der Waals surface area contributed by atoms with Gasteiger partial charge in [0.25, 0.3) is 5.56 Å². The molecule has 0 aromatic carbocycles. The molecule has 0 aliphatic heterocycles. The zero-order valence-corrected chi connectivity index (χ0v) is 9.58. The number of nitrogen functional groups attached to an aromatic ring is 1. The molecule has 0 saturated carbocycles. The third kappa shape index (κ3) is 3.27. The molecule has 0 aliphatic rings. The molecule has 0 fully saturated rings. The standard InChI is InChI=1S/C12H18N2O/c1-9(2)10(3)6-7-14-8-11(13)4-5-12(14)15/h4-5,8H,6-7,13H2,1-3H3. The molecule has 0 spiro atoms. The molecule has 0 unspecified atom stereocenters. The summed E-state index contributed by atoms with van der Waals surface area (Å²) < 4.78 is 1.65. The van der Waals surface area contributed by atoms with E-state index in [1.807, 2.05) is 0 Å². The van der Waals surface area contributed by atoms with Gasteiger partial charge in [-0.25, -0.2) is 0 Å². The fourth-order valence-electron chi connectivity index (χ4n) is 1.26. The number of allylic oxidation sites excluding steroid dienone is 2. The average molecular weight is 206 g/mol. The van der Waals surface area contributed by atoms with Gasteiger partial charge in [0.2, 0.25) is 0 Å². The Hall–Kier alpha value is -1.51. The van der Waals surface area contributed by atoms with E-state index in [9.17, 15) is 4.79 Å². The summed E-state index contributed by atoms with van der Waals surface area (Å²) in [7, 11) is 0. The van der Waals surface area contributed by atoms with E-state index >= 15 is 0 Å². The largest absolute Gasteiger partial charge is 0.398 e. The summed E-state index contributed by atoms with van der Waals surface area (Å²) in [6.45, 7) is 6.95. The number of rotatable bonds is 3. The van der Waals surface area contributed by atoms with E-state index in [1.165, 1.54) is 17.2 Å². The van der Waals surface area contributed by atoms with E-state index in [-0.39, 0.29) is 5.56 Å². The predicted octanol–water partition coefficient (Wildman–Crippen LogP) is 2.18. The molecule has 0 radical (unpaired) electrons. The molecule has 0 amide bonds. The maximum absolute atomic E-state index is 11.4. The van der Waals surface area contributed by atoms with Crippen LogP contribution in [0.2, 0.25) is 0 Å². The lowest BCUT2D eigenvalue weighted by atomic mass is 10.1. The quantitative estimate of drug-likeness (QED) is 0.770. The highest BCUT2D eigenvalue weighted by molar-refractivity contribution is 5.33. The van der Waals surface area contributed by atoms with Gasteiger partial charge in [-0.05, 0) is 33.3 Å². The van der Waals surface area contributed by atoms with Crippen molar-refractivity contribution in [2.75, 3.05) is 5.73 Å². The van der Waals surface area contributed by atoms with Gasteiger partial charge in [-0.3, -0.25) is 4.79 Å². The van der Waals surface area contributed by atoms with Crippen LogP contribution in [0.4, 0.5) is 5.69 Å². The van der Waals surface area contributed by atoms with E-state index in [0.29, 0.717) is 12.2 Å². The normalized spacial score (nSPS) is 10.1. The molecule has 15 heavy (non-hydrogen) atoms. The Morgan fingerprint density at radius 2 is 2.00 bits per heavy atom. The van der Waals surface area contributed by atoms with Gasteiger partial charge in [-0.1, -0.05) is 11.1 Å². The van der Waals surface area contributed by atoms with Crippen LogP contribution in [0.5, 0.6) is 0 Å². The van der Waals surface area contributed by atoms with Crippen molar-refractivity contribution in [1.29, 1.82) is 0 Å². The van der Waals surface area contributed by atoms with E-state index in [2.05, 4.69) is 20.8 Å². The van der Waals surface area contributed by atoms with Gasteiger partial charge in [0.1, 0.15) is 0 Å². The van der Waals surface area contributed by atoms with Gasteiger partial charge >= 0.3 is 0 Å². The highest BCUT2D eigenvalue weighted by Crippen LogP contribution is 2.08. The molecule has 0 atom stereocenters. The second-order valence-corrected chi connectivity index (χ2v) is 4.02. The number of aromatic nitrogens is 1. The van der Waals surface area contributed by atoms with E-state index < -0.39 is 0 Å². The van der Waals surface area contributed by atoms with Crippen LogP contribution in [0.1, 0.15) is 27.2 Å². The van der Waals surface area contributed by atoms with Gasteiger partial charge in [-0.15, -0.1) is 0 Å². The Morgan fingerprint density at radius 1 is 1.33 bits per heavy atom. The highest BCUT2D eigenvalue weighted by atomic mass is 16.1. The SMILES string of the molecule is CC(C)=C(C)CCn1cc(N)ccc1=O. The van der Waals surface area contributed by atoms with Gasteiger partial charge < -0.3 is 10.3 Å². The highest BCUT2D eigenvalue weighted by Gasteiger charge is 1.98. The van der Waals surface area contributed by atoms with Crippen molar-refractivity contribution in [3.63, 3.8) is 0 Å². The summed E-state index contributed by atoms with van der Waals surface area (Å²) in [5.41, 5.74) is 8.89. The Morgan fingerprint density at radius 3 is 2.60 bits per heavy atom. The monoisotopic (exact) mass is 206 g/mol. The smallest absolute Gasteiger partial charge is 0.250 e. The zero-order chi connectivity index (χ0) is 11.4. The third-order valence-corrected chi connectivity index (χ3v) is 2.59. The predicted molar refractivity (Wildman–Crippen MR) is 63.8 cm³/mol. The fourth-order valence-corrected chi connectivity index (χ4v) is 1.26. The lowest BCUT2D eigenvalue weighted by Crippen LogP contribution is -2.19. The zero-order valence-electron chi connectivity index (χ0n) is 9.58. The molecule has 3 heteroatoms. The fraction of sp³-hybridized carbons (Fsp3) is 0.417. The summed E-state index contributed by atoms with van der Waals surface area (Å²) in [5.74, 6) is 0. The van der Waals surface area contributed by atoms with Crippen LogP contribution in [0.3, 0.4) is 0 Å². The topological polar surface area (TPSA) is 48.0 Å². The molecule has 1 aromatic rings. The van der Waals surface area contributed by atoms with Crippen LogP contribution < -0.4 is 11.3 Å². The van der Waals surface area contributed by atoms with Gasteiger partial charge in [0.05, 0.1) is 0 Å². The minimum Gasteiger partial charge on any atom is -0.398 e. The molecule has 0 aliphatic carbocycles. The molecular formula is C12H18N2O. The molecular weight excluding hydrogens is 188 g/mol. The van der Waals surface area contributed by atoms with E-state index in [0.717, 1.165) is 6.42 Å². The second kappa shape index (κ2) is 4.82. The van der Waals surface area contributed by atoms with Crippen LogP contribution in [-0.2, 0) is 6.54 Å². The van der Waals surface area contributed by atoms with Crippen LogP contribution in [0.25, 0.3) is 0 Å². The molecule has 1 aromatic heterocycles. The van der Waals surface area contributed by atoms with E-state index in [1.54, 1.807) is 16.8 Å². The summed E-state index contributed by atoms with van der Waals surface area (Å²) in [5, 5.41) is 0. The molecule has 1 heterocycles. The first kappa shape index (κ1) is 11.6. The summed E-state index contributed by atoms with van der Waals surface area (Å²) in [4.78, 5) is 11.4. The molecule has 1 rings (SSSR count). The third-order valence-electron chi connectivity index (χ3n) is 2.59. The minimum absolute atomic E-state index is 0.00533. The average Bonchev–Trinajstić information content (AvgIpc) is 2.18. The van der Waals surface area contributed by atoms with Crippen molar-refractivity contribution in [2.24, 2.45) is 0 Å². The number of anilines is 1. The van der Waals surface area contributed by atoms with Crippen LogP contribution in [0, 0.1) is 0 Å². The number of nitrogens with two attached hydrogens (primary N) is 1. The lowest BCUT2D eigenvalue weighted by Gasteiger charge is -2.07. The van der Waals surface area contributed by atoms with Gasteiger partial charge in [-0.2, -0.15) is 0 Å². The second-order valence-electron chi connectivity index (χ2n) is 4.02. The molecule has 82 valence electrons. The first-order valence-corrected chi connectivity index (χ1v) is 5.09. The maximum atomic E-state index is 11.4. The molecule has 3 nitrogen and oxygen atoms in total. The Labute approximate surface area is 90.2 Å². The van der Waals surface area contributed by atoms with Crippen LogP contribution in [0.15, 0.2) is 34.3 Å². The Kier molecular flexibility index (Phi) is 3.72. The van der Waals surface area contributed by atoms with E-state index in [4.69, 9.17) is 5.73 Å². The van der Waals surface area contributed by atoms with Crippen molar-refractivity contribution in [3.05, 3.63) is 39.8 Å². The van der Waals surface area contributed by atoms with Crippen molar-refractivity contribution in [3.8, 4) is 0 Å². The minimum atomic E-state index is 0.00533. The summed E-state index contributed by atoms with van der Waals surface area (Å²) >= 11 is 0. The van der Waals surface area contributed by atoms with Crippen molar-refractivity contribution >= 4 is 5.69 Å². The van der Waals surface area contributed by atoms with Crippen molar-refractivity contribution in [1.82, 2.24) is 4.57 Å². The first-order valence-electron chi connectivity index (χ1n) is 5.09. The number of aryl methyl sites for hydroxylation is 1. The maximum Gasteiger partial charge on any atom is 0.250 e. The number of pyridine rings is 1. The number of nitrogens with zero attached hydrogens (tertiary/aromatic N) is 1. The van der Waals surface area contributed by atoms with Gasteiger partial charge in [0, 0.05) is 24.5 Å². The number of hydrogen-bond acceptors (Lipinski definition) is 2. The van der Waals surface area contributed by atoms with Crippen molar-refractivity contribution in [2.45, 2.75) is 33.7 Å². The first-order chi connectivity index (χ1) is 7.00. The molecule has 2 N–H and O–H groups in total. The van der Waals surface area contributed by atoms with Gasteiger partial charge in [0.15, 0.2) is 0 Å². The summed E-state index contributed by atoms with van der Waals surface area (Å²) in [6, 6.07) is 3.14. The van der Waals surface area contributed by atoms with Crippen LogP contribution in [-0.4, -0.2) is 4.57 Å². The Balaban J connectivity index is 2.78. The Bertz CT molecular complexity index is 425. The number of hydrogen-bond donors (Lipinski definition) is 1. The summed E-state index contributed by atoms with van der Waals surface area (Å²) in [6.07, 6.45) is 2.59. The molecule has 0 saturated heterocycles. The van der Waals surface area contributed by atoms with Crippen LogP contribution >= 0.6 is 0 Å². The van der Waals surface area contributed by atoms with Crippen molar-refractivity contribution < 1.29 is 0 Å². The molecule has 0 bridgehead atoms.